The molecule has 27 heavy (non-hydrogen) atoms. The Bertz CT molecular complexity index is 776. The number of likely N-dealkylation sites (N-methyl/N-ethyl adjacent to an activating group) is 1. The molecule has 1 heterocycles. The van der Waals surface area contributed by atoms with Crippen molar-refractivity contribution in [3.05, 3.63) is 54.1 Å². The highest BCUT2D eigenvalue weighted by Crippen LogP contribution is 2.26. The summed E-state index contributed by atoms with van der Waals surface area (Å²) < 4.78 is 16.6. The van der Waals surface area contributed by atoms with Crippen LogP contribution in [0.3, 0.4) is 0 Å². The average molecular weight is 370 g/mol. The zero-order valence-electron chi connectivity index (χ0n) is 16.2. The molecule has 1 aliphatic rings. The Morgan fingerprint density at radius 3 is 2.59 bits per heavy atom. The zero-order valence-corrected chi connectivity index (χ0v) is 16.2. The number of rotatable bonds is 7. The number of amides is 1. The van der Waals surface area contributed by atoms with Gasteiger partial charge in [-0.3, -0.25) is 4.90 Å². The molecule has 2 aromatic carbocycles. The number of carbonyl (C=O) groups is 1. The summed E-state index contributed by atoms with van der Waals surface area (Å²) in [6.45, 7) is 3.05. The number of hydrogen-bond donors (Lipinski definition) is 0. The molecule has 6 nitrogen and oxygen atoms in total. The van der Waals surface area contributed by atoms with Crippen molar-refractivity contribution in [2.75, 3.05) is 32.6 Å². The fraction of sp³-hybridized carbons (Fsp3) is 0.381. The lowest BCUT2D eigenvalue weighted by atomic mass is 10.1. The molecule has 2 unspecified atom stereocenters. The van der Waals surface area contributed by atoms with Crippen molar-refractivity contribution >= 4 is 11.8 Å². The largest absolute Gasteiger partial charge is 0.497 e. The van der Waals surface area contributed by atoms with E-state index in [0.717, 1.165) is 22.7 Å². The summed E-state index contributed by atoms with van der Waals surface area (Å²) in [6.07, 6.45) is -0.449. The van der Waals surface area contributed by atoms with Crippen LogP contribution in [0.2, 0.25) is 0 Å². The van der Waals surface area contributed by atoms with Crippen LogP contribution in [0.4, 0.5) is 10.5 Å². The number of carbonyl (C=O) groups excluding carboxylic acids is 1. The van der Waals surface area contributed by atoms with Crippen molar-refractivity contribution in [3.8, 4) is 11.5 Å². The highest BCUT2D eigenvalue weighted by atomic mass is 16.6. The fourth-order valence-electron chi connectivity index (χ4n) is 2.93. The molecule has 0 saturated carbocycles. The van der Waals surface area contributed by atoms with Crippen LogP contribution < -0.4 is 14.4 Å². The van der Waals surface area contributed by atoms with Crippen molar-refractivity contribution in [1.82, 2.24) is 4.90 Å². The summed E-state index contributed by atoms with van der Waals surface area (Å²) in [4.78, 5) is 15.9. The maximum atomic E-state index is 12.2. The molecule has 0 spiro atoms. The summed E-state index contributed by atoms with van der Waals surface area (Å²) in [7, 11) is 5.61. The second-order valence-electron chi connectivity index (χ2n) is 6.87. The Hall–Kier alpha value is -2.73. The molecule has 0 bridgehead atoms. The molecule has 1 saturated heterocycles. The first-order chi connectivity index (χ1) is 13.0. The van der Waals surface area contributed by atoms with Gasteiger partial charge in [-0.2, -0.15) is 0 Å². The van der Waals surface area contributed by atoms with Gasteiger partial charge in [0.15, 0.2) is 0 Å². The first-order valence-electron chi connectivity index (χ1n) is 8.98. The Morgan fingerprint density at radius 1 is 1.19 bits per heavy atom. The molecule has 0 radical (unpaired) electrons. The Labute approximate surface area is 160 Å². The van der Waals surface area contributed by atoms with Crippen LogP contribution >= 0.6 is 0 Å². The van der Waals surface area contributed by atoms with E-state index in [-0.39, 0.29) is 18.2 Å². The number of nitrogens with zero attached hydrogens (tertiary/aromatic N) is 2. The van der Waals surface area contributed by atoms with Crippen molar-refractivity contribution in [2.45, 2.75) is 25.7 Å². The van der Waals surface area contributed by atoms with Crippen molar-refractivity contribution < 1.29 is 19.0 Å². The first kappa shape index (κ1) is 19.0. The van der Waals surface area contributed by atoms with Gasteiger partial charge in [-0.05, 0) is 63.0 Å². The van der Waals surface area contributed by atoms with Gasteiger partial charge >= 0.3 is 6.09 Å². The van der Waals surface area contributed by atoms with E-state index in [9.17, 15) is 4.79 Å². The summed E-state index contributed by atoms with van der Waals surface area (Å²) in [6, 6.07) is 15.4. The second-order valence-corrected chi connectivity index (χ2v) is 6.87. The number of ether oxygens (including phenoxy) is 3. The average Bonchev–Trinajstić information content (AvgIpc) is 3.07. The van der Waals surface area contributed by atoms with Crippen molar-refractivity contribution in [3.63, 3.8) is 0 Å². The van der Waals surface area contributed by atoms with E-state index >= 15 is 0 Å². The molecule has 3 rings (SSSR count). The molecule has 144 valence electrons. The van der Waals surface area contributed by atoms with Gasteiger partial charge in [0, 0.05) is 11.7 Å². The number of anilines is 1. The van der Waals surface area contributed by atoms with Crippen LogP contribution in [-0.2, 0) is 11.3 Å². The predicted octanol–water partition coefficient (Wildman–Crippen LogP) is 3.55. The summed E-state index contributed by atoms with van der Waals surface area (Å²) in [5.74, 6) is 1.55. The maximum Gasteiger partial charge on any atom is 0.414 e. The molecule has 0 N–H and O–H groups in total. The summed E-state index contributed by atoms with van der Waals surface area (Å²) in [5.41, 5.74) is 1.84. The van der Waals surface area contributed by atoms with E-state index in [4.69, 9.17) is 14.2 Å². The summed E-state index contributed by atoms with van der Waals surface area (Å²) >= 11 is 0. The third kappa shape index (κ3) is 4.52. The molecular formula is C21H26N2O4. The molecule has 0 aromatic heterocycles. The smallest absolute Gasteiger partial charge is 0.414 e. The minimum absolute atomic E-state index is 0.142. The van der Waals surface area contributed by atoms with E-state index < -0.39 is 0 Å². The molecule has 0 aliphatic carbocycles. The molecule has 2 atom stereocenters. The Balaban J connectivity index is 1.61. The van der Waals surface area contributed by atoms with E-state index in [2.05, 4.69) is 11.8 Å². The van der Waals surface area contributed by atoms with Gasteiger partial charge < -0.3 is 19.1 Å². The van der Waals surface area contributed by atoms with Gasteiger partial charge in [-0.15, -0.1) is 0 Å². The lowest BCUT2D eigenvalue weighted by molar-refractivity contribution is 0.0895. The van der Waals surface area contributed by atoms with E-state index in [1.165, 1.54) is 0 Å². The SMILES string of the molecule is COc1cccc(COc2ccc(N3CC(C(C)N(C)C)OC3=O)cc2)c1. The molecular weight excluding hydrogens is 344 g/mol. The van der Waals surface area contributed by atoms with Gasteiger partial charge in [0.2, 0.25) is 0 Å². The van der Waals surface area contributed by atoms with Crippen LogP contribution in [-0.4, -0.2) is 50.9 Å². The minimum atomic E-state index is -0.307. The molecule has 1 fully saturated rings. The Morgan fingerprint density at radius 2 is 1.93 bits per heavy atom. The van der Waals surface area contributed by atoms with Crippen LogP contribution in [0, 0.1) is 0 Å². The second kappa shape index (κ2) is 8.31. The van der Waals surface area contributed by atoms with E-state index in [1.807, 2.05) is 62.6 Å². The third-order valence-electron chi connectivity index (χ3n) is 4.88. The predicted molar refractivity (Wildman–Crippen MR) is 105 cm³/mol. The number of methoxy groups -OCH3 is 1. The highest BCUT2D eigenvalue weighted by molar-refractivity contribution is 5.89. The van der Waals surface area contributed by atoms with Gasteiger partial charge in [-0.1, -0.05) is 12.1 Å². The molecule has 1 amide bonds. The highest BCUT2D eigenvalue weighted by Gasteiger charge is 2.36. The molecule has 1 aliphatic heterocycles. The minimum Gasteiger partial charge on any atom is -0.497 e. The van der Waals surface area contributed by atoms with Crippen LogP contribution in [0.25, 0.3) is 0 Å². The van der Waals surface area contributed by atoms with Crippen LogP contribution in [0.1, 0.15) is 12.5 Å². The standard InChI is InChI=1S/C21H26N2O4/c1-15(22(2)3)20-13-23(21(24)27-20)17-8-10-18(11-9-17)26-14-16-6-5-7-19(12-16)25-4/h5-12,15,20H,13-14H2,1-4H3. The molecule has 6 heteroatoms. The first-order valence-corrected chi connectivity index (χ1v) is 8.98. The van der Waals surface area contributed by atoms with E-state index in [1.54, 1.807) is 12.0 Å². The Kier molecular flexibility index (Phi) is 5.86. The van der Waals surface area contributed by atoms with Gasteiger partial charge in [-0.25, -0.2) is 4.79 Å². The topological polar surface area (TPSA) is 51.2 Å². The fourth-order valence-corrected chi connectivity index (χ4v) is 2.93. The van der Waals surface area contributed by atoms with Gasteiger partial charge in [0.05, 0.1) is 13.7 Å². The van der Waals surface area contributed by atoms with Crippen molar-refractivity contribution in [1.29, 1.82) is 0 Å². The maximum absolute atomic E-state index is 12.2. The van der Waals surface area contributed by atoms with Crippen LogP contribution in [0.15, 0.2) is 48.5 Å². The normalized spacial score (nSPS) is 17.7. The summed E-state index contributed by atoms with van der Waals surface area (Å²) in [5, 5.41) is 0. The monoisotopic (exact) mass is 370 g/mol. The van der Waals surface area contributed by atoms with E-state index in [0.29, 0.717) is 13.2 Å². The van der Waals surface area contributed by atoms with Crippen LogP contribution in [0.5, 0.6) is 11.5 Å². The molecule has 2 aromatic rings. The van der Waals surface area contributed by atoms with Gasteiger partial charge in [0.25, 0.3) is 0 Å². The lowest BCUT2D eigenvalue weighted by Crippen LogP contribution is -2.39. The van der Waals surface area contributed by atoms with Crippen molar-refractivity contribution in [2.24, 2.45) is 0 Å². The zero-order chi connectivity index (χ0) is 19.4. The number of cyclic esters (lactones) is 1. The quantitative estimate of drug-likeness (QED) is 0.746. The number of hydrogen-bond acceptors (Lipinski definition) is 5. The third-order valence-corrected chi connectivity index (χ3v) is 4.88. The van der Waals surface area contributed by atoms with Gasteiger partial charge in [0.1, 0.15) is 24.2 Å². The lowest BCUT2D eigenvalue weighted by Gasteiger charge is -2.24. The number of benzene rings is 2.